The number of rotatable bonds is 4. The van der Waals surface area contributed by atoms with E-state index in [1.165, 1.54) is 28.6 Å². The van der Waals surface area contributed by atoms with Crippen LogP contribution in [0.4, 0.5) is 5.69 Å². The van der Waals surface area contributed by atoms with Crippen LogP contribution in [0.25, 0.3) is 0 Å². The number of para-hydroxylation sites is 1. The second-order valence-corrected chi connectivity index (χ2v) is 6.90. The SMILES string of the molecule is CN(C)[C@H]1CCN(S(=O)(=O)c2ccccc2[N+](=O)[O-])C1. The van der Waals surface area contributed by atoms with Crippen LogP contribution in [0.2, 0.25) is 0 Å². The van der Waals surface area contributed by atoms with Crippen molar-refractivity contribution in [1.82, 2.24) is 9.21 Å². The summed E-state index contributed by atoms with van der Waals surface area (Å²) in [5, 5.41) is 11.0. The fourth-order valence-electron chi connectivity index (χ4n) is 2.32. The minimum atomic E-state index is -3.82. The van der Waals surface area contributed by atoms with Crippen molar-refractivity contribution in [3.05, 3.63) is 34.4 Å². The van der Waals surface area contributed by atoms with Gasteiger partial charge in [0.1, 0.15) is 0 Å². The van der Waals surface area contributed by atoms with E-state index in [1.54, 1.807) is 0 Å². The van der Waals surface area contributed by atoms with Gasteiger partial charge in [0, 0.05) is 25.2 Å². The topological polar surface area (TPSA) is 83.8 Å². The maximum absolute atomic E-state index is 12.5. The molecule has 0 spiro atoms. The van der Waals surface area contributed by atoms with Crippen molar-refractivity contribution in [2.24, 2.45) is 0 Å². The van der Waals surface area contributed by atoms with E-state index in [-0.39, 0.29) is 16.6 Å². The number of hydrogen-bond donors (Lipinski definition) is 0. The molecule has 1 aromatic carbocycles. The number of likely N-dealkylation sites (N-methyl/N-ethyl adjacent to an activating group) is 1. The quantitative estimate of drug-likeness (QED) is 0.610. The van der Waals surface area contributed by atoms with E-state index in [9.17, 15) is 18.5 Å². The smallest absolute Gasteiger partial charge is 0.289 e. The third-order valence-corrected chi connectivity index (χ3v) is 5.45. The molecule has 2 rings (SSSR count). The minimum absolute atomic E-state index is 0.146. The van der Waals surface area contributed by atoms with Gasteiger partial charge >= 0.3 is 0 Å². The third-order valence-electron chi connectivity index (χ3n) is 3.54. The highest BCUT2D eigenvalue weighted by Gasteiger charge is 2.36. The van der Waals surface area contributed by atoms with E-state index in [4.69, 9.17) is 0 Å². The largest absolute Gasteiger partial charge is 0.305 e. The molecule has 0 radical (unpaired) electrons. The molecule has 0 bridgehead atoms. The number of nitro groups is 1. The molecule has 1 aliphatic rings. The molecule has 20 heavy (non-hydrogen) atoms. The number of hydrogen-bond acceptors (Lipinski definition) is 5. The highest BCUT2D eigenvalue weighted by atomic mass is 32.2. The summed E-state index contributed by atoms with van der Waals surface area (Å²) in [4.78, 5) is 12.0. The van der Waals surface area contributed by atoms with Crippen molar-refractivity contribution in [2.75, 3.05) is 27.2 Å². The van der Waals surface area contributed by atoms with Crippen LogP contribution in [0.3, 0.4) is 0 Å². The van der Waals surface area contributed by atoms with Crippen molar-refractivity contribution in [3.8, 4) is 0 Å². The molecule has 110 valence electrons. The molecule has 1 aromatic rings. The van der Waals surface area contributed by atoms with Crippen LogP contribution >= 0.6 is 0 Å². The second-order valence-electron chi connectivity index (χ2n) is 4.99. The average molecular weight is 299 g/mol. The summed E-state index contributed by atoms with van der Waals surface area (Å²) in [7, 11) is -0.0266. The van der Waals surface area contributed by atoms with Crippen molar-refractivity contribution >= 4 is 15.7 Å². The zero-order valence-electron chi connectivity index (χ0n) is 11.4. The summed E-state index contributed by atoms with van der Waals surface area (Å²) >= 11 is 0. The molecule has 8 heteroatoms. The summed E-state index contributed by atoms with van der Waals surface area (Å²) in [6, 6.07) is 5.61. The zero-order chi connectivity index (χ0) is 14.9. The predicted octanol–water partition coefficient (Wildman–Crippen LogP) is 0.919. The highest BCUT2D eigenvalue weighted by molar-refractivity contribution is 7.89. The normalized spacial score (nSPS) is 20.4. The van der Waals surface area contributed by atoms with Crippen LogP contribution in [-0.2, 0) is 10.0 Å². The lowest BCUT2D eigenvalue weighted by atomic mass is 10.2. The molecule has 0 aromatic heterocycles. The Morgan fingerprint density at radius 3 is 2.55 bits per heavy atom. The molecule has 1 aliphatic heterocycles. The first-order valence-corrected chi connectivity index (χ1v) is 7.68. The number of nitrogens with zero attached hydrogens (tertiary/aromatic N) is 3. The standard InChI is InChI=1S/C12H17N3O4S/c1-13(2)10-7-8-14(9-10)20(18,19)12-6-4-3-5-11(12)15(16)17/h3-6,10H,7-9H2,1-2H3/t10-/m0/s1. The van der Waals surface area contributed by atoms with Gasteiger partial charge in [-0.25, -0.2) is 8.42 Å². The van der Waals surface area contributed by atoms with Gasteiger partial charge < -0.3 is 4.90 Å². The Kier molecular flexibility index (Phi) is 4.07. The molecular formula is C12H17N3O4S. The Labute approximate surface area is 118 Å². The fraction of sp³-hybridized carbons (Fsp3) is 0.500. The van der Waals surface area contributed by atoms with Crippen molar-refractivity contribution in [1.29, 1.82) is 0 Å². The van der Waals surface area contributed by atoms with Crippen LogP contribution in [0.15, 0.2) is 29.2 Å². The molecule has 0 N–H and O–H groups in total. The van der Waals surface area contributed by atoms with Crippen LogP contribution < -0.4 is 0 Å². The molecular weight excluding hydrogens is 282 g/mol. The second kappa shape index (κ2) is 5.47. The number of sulfonamides is 1. The van der Waals surface area contributed by atoms with E-state index in [0.717, 1.165) is 6.42 Å². The van der Waals surface area contributed by atoms with Gasteiger partial charge in [0.25, 0.3) is 5.69 Å². The van der Waals surface area contributed by atoms with Gasteiger partial charge in [-0.2, -0.15) is 4.31 Å². The van der Waals surface area contributed by atoms with E-state index >= 15 is 0 Å². The monoisotopic (exact) mass is 299 g/mol. The fourth-order valence-corrected chi connectivity index (χ4v) is 3.97. The van der Waals surface area contributed by atoms with Gasteiger partial charge in [0.05, 0.1) is 4.92 Å². The summed E-state index contributed by atoms with van der Waals surface area (Å²) in [5.41, 5.74) is -0.374. The molecule has 0 unspecified atom stereocenters. The van der Waals surface area contributed by atoms with Crippen LogP contribution in [0.1, 0.15) is 6.42 Å². The van der Waals surface area contributed by atoms with Gasteiger partial charge in [0.2, 0.25) is 10.0 Å². The Bertz CT molecular complexity index is 615. The Morgan fingerprint density at radius 1 is 1.35 bits per heavy atom. The average Bonchev–Trinajstić information content (AvgIpc) is 2.89. The van der Waals surface area contributed by atoms with E-state index in [0.29, 0.717) is 13.1 Å². The first-order valence-electron chi connectivity index (χ1n) is 6.24. The first kappa shape index (κ1) is 14.9. The van der Waals surface area contributed by atoms with Crippen LogP contribution in [-0.4, -0.2) is 55.8 Å². The summed E-state index contributed by atoms with van der Waals surface area (Å²) in [6.07, 6.45) is 0.729. The highest BCUT2D eigenvalue weighted by Crippen LogP contribution is 2.29. The first-order chi connectivity index (χ1) is 9.34. The molecule has 7 nitrogen and oxygen atoms in total. The molecule has 1 fully saturated rings. The van der Waals surface area contributed by atoms with Crippen LogP contribution in [0, 0.1) is 10.1 Å². The lowest BCUT2D eigenvalue weighted by molar-refractivity contribution is -0.387. The summed E-state index contributed by atoms with van der Waals surface area (Å²) in [6.45, 7) is 0.749. The van der Waals surface area contributed by atoms with Crippen molar-refractivity contribution in [3.63, 3.8) is 0 Å². The number of nitro benzene ring substituents is 1. The summed E-state index contributed by atoms with van der Waals surface area (Å²) < 4.78 is 26.4. The lowest BCUT2D eigenvalue weighted by Crippen LogP contribution is -2.34. The van der Waals surface area contributed by atoms with E-state index in [2.05, 4.69) is 0 Å². The molecule has 0 aliphatic carbocycles. The van der Waals surface area contributed by atoms with Gasteiger partial charge in [-0.05, 0) is 26.6 Å². The van der Waals surface area contributed by atoms with Crippen molar-refractivity contribution < 1.29 is 13.3 Å². The maximum Gasteiger partial charge on any atom is 0.289 e. The molecule has 1 atom stereocenters. The maximum atomic E-state index is 12.5. The third kappa shape index (κ3) is 2.67. The molecule has 1 saturated heterocycles. The molecule has 0 amide bonds. The van der Waals surface area contributed by atoms with Crippen LogP contribution in [0.5, 0.6) is 0 Å². The summed E-state index contributed by atoms with van der Waals surface area (Å²) in [5.74, 6) is 0. The van der Waals surface area contributed by atoms with Crippen molar-refractivity contribution in [2.45, 2.75) is 17.4 Å². The van der Waals surface area contributed by atoms with Gasteiger partial charge in [0.15, 0.2) is 4.90 Å². The Hall–Kier alpha value is -1.51. The Morgan fingerprint density at radius 2 is 2.00 bits per heavy atom. The Balaban J connectivity index is 2.35. The van der Waals surface area contributed by atoms with Gasteiger partial charge in [-0.3, -0.25) is 10.1 Å². The zero-order valence-corrected chi connectivity index (χ0v) is 12.2. The van der Waals surface area contributed by atoms with Gasteiger partial charge in [-0.1, -0.05) is 12.1 Å². The number of benzene rings is 1. The van der Waals surface area contributed by atoms with E-state index in [1.807, 2.05) is 19.0 Å². The molecule has 1 heterocycles. The van der Waals surface area contributed by atoms with E-state index < -0.39 is 14.9 Å². The minimum Gasteiger partial charge on any atom is -0.305 e. The molecule has 0 saturated carbocycles. The predicted molar refractivity (Wildman–Crippen MR) is 73.9 cm³/mol. The van der Waals surface area contributed by atoms with Gasteiger partial charge in [-0.15, -0.1) is 0 Å². The lowest BCUT2D eigenvalue weighted by Gasteiger charge is -2.20.